The molecule has 1 atom stereocenters. The Hall–Kier alpha value is -2.44. The monoisotopic (exact) mass is 302 g/mol. The third-order valence-electron chi connectivity index (χ3n) is 3.82. The Morgan fingerprint density at radius 2 is 2.14 bits per heavy atom. The number of nitrogens with zero attached hydrogens (tertiary/aromatic N) is 2. The van der Waals surface area contributed by atoms with Gasteiger partial charge in [-0.3, -0.25) is 14.7 Å². The summed E-state index contributed by atoms with van der Waals surface area (Å²) >= 11 is 0. The standard InChI is InChI=1S/C15H18N4O3/c1-7(14-17-9(3)18-19-14)16-15(21)12-8(2)22-11-6-4-5-10(20)13(11)12/h7H,4-6H2,1-3H3,(H,16,21)(H,17,18,19). The smallest absolute Gasteiger partial charge is 0.256 e. The van der Waals surface area contributed by atoms with Gasteiger partial charge in [-0.05, 0) is 27.2 Å². The highest BCUT2D eigenvalue weighted by Gasteiger charge is 2.31. The number of Topliss-reactive ketones (excluding diaryl/α,β-unsaturated/α-hetero) is 1. The summed E-state index contributed by atoms with van der Waals surface area (Å²) in [6.07, 6.45) is 1.93. The maximum Gasteiger partial charge on any atom is 0.256 e. The lowest BCUT2D eigenvalue weighted by atomic mass is 9.93. The molecule has 2 aromatic rings. The van der Waals surface area contributed by atoms with Gasteiger partial charge < -0.3 is 9.73 Å². The van der Waals surface area contributed by atoms with Crippen LogP contribution in [0.3, 0.4) is 0 Å². The molecule has 0 fully saturated rings. The van der Waals surface area contributed by atoms with Crippen molar-refractivity contribution in [3.63, 3.8) is 0 Å². The van der Waals surface area contributed by atoms with Crippen LogP contribution in [0.2, 0.25) is 0 Å². The molecule has 7 heteroatoms. The normalized spacial score (nSPS) is 15.5. The Morgan fingerprint density at radius 1 is 1.36 bits per heavy atom. The SMILES string of the molecule is Cc1nc(C(C)NC(=O)c2c(C)oc3c2C(=O)CCC3)n[nH]1. The number of aryl methyl sites for hydroxylation is 3. The lowest BCUT2D eigenvalue weighted by Crippen LogP contribution is -2.29. The zero-order valence-electron chi connectivity index (χ0n) is 12.8. The predicted octanol–water partition coefficient (Wildman–Crippen LogP) is 2.02. The van der Waals surface area contributed by atoms with Crippen LogP contribution in [0.1, 0.15) is 69.7 Å². The van der Waals surface area contributed by atoms with Gasteiger partial charge in [0.25, 0.3) is 5.91 Å². The Morgan fingerprint density at radius 3 is 2.82 bits per heavy atom. The number of carbonyl (C=O) groups excluding carboxylic acids is 2. The van der Waals surface area contributed by atoms with Crippen LogP contribution >= 0.6 is 0 Å². The molecule has 1 unspecified atom stereocenters. The highest BCUT2D eigenvalue weighted by Crippen LogP contribution is 2.29. The molecular formula is C15H18N4O3. The van der Waals surface area contributed by atoms with Crippen molar-refractivity contribution in [3.05, 3.63) is 34.3 Å². The molecule has 0 aromatic carbocycles. The lowest BCUT2D eigenvalue weighted by molar-refractivity contribution is 0.0917. The minimum atomic E-state index is -0.360. The number of aromatic nitrogens is 3. The highest BCUT2D eigenvalue weighted by atomic mass is 16.3. The van der Waals surface area contributed by atoms with Gasteiger partial charge in [-0.15, -0.1) is 0 Å². The first kappa shape index (κ1) is 14.5. The summed E-state index contributed by atoms with van der Waals surface area (Å²) in [6, 6.07) is -0.360. The second kappa shape index (κ2) is 5.40. The predicted molar refractivity (Wildman–Crippen MR) is 77.7 cm³/mol. The Labute approximate surface area is 127 Å². The molecule has 2 heterocycles. The Kier molecular flexibility index (Phi) is 3.56. The Bertz CT molecular complexity index is 744. The van der Waals surface area contributed by atoms with Gasteiger partial charge in [0, 0.05) is 12.8 Å². The van der Waals surface area contributed by atoms with E-state index in [9.17, 15) is 9.59 Å². The van der Waals surface area contributed by atoms with Crippen LogP contribution in [-0.2, 0) is 6.42 Å². The van der Waals surface area contributed by atoms with E-state index >= 15 is 0 Å². The van der Waals surface area contributed by atoms with Gasteiger partial charge in [0.05, 0.1) is 17.2 Å². The van der Waals surface area contributed by atoms with Crippen LogP contribution in [0.25, 0.3) is 0 Å². The molecule has 3 rings (SSSR count). The third-order valence-corrected chi connectivity index (χ3v) is 3.82. The molecule has 2 aromatic heterocycles. The average Bonchev–Trinajstić information content (AvgIpc) is 3.02. The number of furan rings is 1. The van der Waals surface area contributed by atoms with Gasteiger partial charge in [-0.1, -0.05) is 0 Å². The number of hydrogen-bond donors (Lipinski definition) is 2. The van der Waals surface area contributed by atoms with Crippen molar-refractivity contribution in [2.45, 2.75) is 46.1 Å². The first-order valence-corrected chi connectivity index (χ1v) is 7.32. The van der Waals surface area contributed by atoms with Crippen LogP contribution in [-0.4, -0.2) is 26.9 Å². The molecule has 1 amide bonds. The van der Waals surface area contributed by atoms with E-state index in [0.29, 0.717) is 47.1 Å². The number of H-pyrrole nitrogens is 1. The van der Waals surface area contributed by atoms with Gasteiger partial charge >= 0.3 is 0 Å². The van der Waals surface area contributed by atoms with Gasteiger partial charge in [0.15, 0.2) is 11.6 Å². The third kappa shape index (κ3) is 2.43. The molecule has 0 saturated carbocycles. The molecule has 22 heavy (non-hydrogen) atoms. The molecular weight excluding hydrogens is 284 g/mol. The van der Waals surface area contributed by atoms with Crippen LogP contribution in [0.5, 0.6) is 0 Å². The van der Waals surface area contributed by atoms with E-state index in [1.54, 1.807) is 20.8 Å². The number of hydrogen-bond acceptors (Lipinski definition) is 5. The summed E-state index contributed by atoms with van der Waals surface area (Å²) in [6.45, 7) is 5.30. The topological polar surface area (TPSA) is 101 Å². The maximum absolute atomic E-state index is 12.5. The van der Waals surface area contributed by atoms with E-state index in [1.807, 2.05) is 0 Å². The molecule has 7 nitrogen and oxygen atoms in total. The largest absolute Gasteiger partial charge is 0.465 e. The highest BCUT2D eigenvalue weighted by molar-refractivity contribution is 6.10. The van der Waals surface area contributed by atoms with Gasteiger partial charge in [-0.25, -0.2) is 4.98 Å². The number of amides is 1. The quantitative estimate of drug-likeness (QED) is 0.903. The van der Waals surface area contributed by atoms with Gasteiger partial charge in [0.1, 0.15) is 17.3 Å². The van der Waals surface area contributed by atoms with Crippen molar-refractivity contribution < 1.29 is 14.0 Å². The summed E-state index contributed by atoms with van der Waals surface area (Å²) < 4.78 is 5.60. The maximum atomic E-state index is 12.5. The number of rotatable bonds is 3. The minimum Gasteiger partial charge on any atom is -0.465 e. The summed E-state index contributed by atoms with van der Waals surface area (Å²) in [5.41, 5.74) is 0.790. The van der Waals surface area contributed by atoms with E-state index in [0.717, 1.165) is 6.42 Å². The molecule has 0 aliphatic heterocycles. The van der Waals surface area contributed by atoms with Gasteiger partial charge in [-0.2, -0.15) is 5.10 Å². The molecule has 1 aliphatic carbocycles. The molecule has 0 bridgehead atoms. The number of nitrogens with one attached hydrogen (secondary N) is 2. The fraction of sp³-hybridized carbons (Fsp3) is 0.467. The van der Waals surface area contributed by atoms with Crippen LogP contribution in [0, 0.1) is 13.8 Å². The minimum absolute atomic E-state index is 0.0235. The van der Waals surface area contributed by atoms with Crippen molar-refractivity contribution in [1.82, 2.24) is 20.5 Å². The zero-order valence-corrected chi connectivity index (χ0v) is 12.8. The summed E-state index contributed by atoms with van der Waals surface area (Å²) in [7, 11) is 0. The van der Waals surface area contributed by atoms with Crippen LogP contribution in [0.4, 0.5) is 0 Å². The number of fused-ring (bicyclic) bond motifs is 1. The molecule has 1 aliphatic rings. The van der Waals surface area contributed by atoms with Crippen molar-refractivity contribution in [2.24, 2.45) is 0 Å². The second-order valence-electron chi connectivity index (χ2n) is 5.58. The summed E-state index contributed by atoms with van der Waals surface area (Å²) in [5, 5.41) is 9.60. The van der Waals surface area contributed by atoms with Crippen molar-refractivity contribution in [1.29, 1.82) is 0 Å². The number of carbonyl (C=O) groups is 2. The van der Waals surface area contributed by atoms with Crippen LogP contribution in [0.15, 0.2) is 4.42 Å². The average molecular weight is 302 g/mol. The Balaban J connectivity index is 1.87. The van der Waals surface area contributed by atoms with E-state index in [1.165, 1.54) is 0 Å². The first-order valence-electron chi connectivity index (χ1n) is 7.32. The first-order chi connectivity index (χ1) is 10.5. The second-order valence-corrected chi connectivity index (χ2v) is 5.58. The van der Waals surface area contributed by atoms with E-state index in [2.05, 4.69) is 20.5 Å². The van der Waals surface area contributed by atoms with Crippen molar-refractivity contribution in [3.8, 4) is 0 Å². The molecule has 0 saturated heterocycles. The summed E-state index contributed by atoms with van der Waals surface area (Å²) in [4.78, 5) is 28.9. The zero-order chi connectivity index (χ0) is 15.9. The van der Waals surface area contributed by atoms with Gasteiger partial charge in [0.2, 0.25) is 0 Å². The molecule has 2 N–H and O–H groups in total. The van der Waals surface area contributed by atoms with Crippen molar-refractivity contribution in [2.75, 3.05) is 0 Å². The molecule has 0 radical (unpaired) electrons. The van der Waals surface area contributed by atoms with E-state index < -0.39 is 0 Å². The van der Waals surface area contributed by atoms with E-state index in [4.69, 9.17) is 4.42 Å². The van der Waals surface area contributed by atoms with Crippen LogP contribution < -0.4 is 5.32 Å². The summed E-state index contributed by atoms with van der Waals surface area (Å²) in [5.74, 6) is 1.95. The lowest BCUT2D eigenvalue weighted by Gasteiger charge is -2.12. The fourth-order valence-corrected chi connectivity index (χ4v) is 2.77. The number of ketones is 1. The van der Waals surface area contributed by atoms with Crippen molar-refractivity contribution >= 4 is 11.7 Å². The molecule has 116 valence electrons. The fourth-order valence-electron chi connectivity index (χ4n) is 2.77. The molecule has 0 spiro atoms. The van der Waals surface area contributed by atoms with E-state index in [-0.39, 0.29) is 17.7 Å². The number of aromatic amines is 1.